The van der Waals surface area contributed by atoms with Crippen molar-refractivity contribution in [1.29, 1.82) is 0 Å². The van der Waals surface area contributed by atoms with Gasteiger partial charge in [0.1, 0.15) is 12.4 Å². The lowest BCUT2D eigenvalue weighted by molar-refractivity contribution is -0.155. The summed E-state index contributed by atoms with van der Waals surface area (Å²) in [7, 11) is 0. The molecule has 1 spiro atoms. The van der Waals surface area contributed by atoms with E-state index in [1.807, 2.05) is 15.9 Å². The number of urea groups is 1. The third kappa shape index (κ3) is 2.46. The standard InChI is InChI=1S/C18H20ClN3O3/c19-13-3-4-14-15(7-13)25-6-5-22(14)17(24)21-10-18(11-21)8-20(9-18)16(23)12-1-2-12/h3-4,7,12H,1-2,5-6,8-11H2. The lowest BCUT2D eigenvalue weighted by Gasteiger charge is -2.60. The van der Waals surface area contributed by atoms with Crippen LogP contribution in [0.5, 0.6) is 5.75 Å². The molecular weight excluding hydrogens is 342 g/mol. The number of ether oxygens (including phenoxy) is 1. The first kappa shape index (κ1) is 15.3. The Kier molecular flexibility index (Phi) is 3.23. The van der Waals surface area contributed by atoms with E-state index in [2.05, 4.69) is 0 Å². The Morgan fingerprint density at radius 2 is 1.84 bits per heavy atom. The normalized spacial score (nSPS) is 23.5. The molecular formula is C18H20ClN3O3. The highest BCUT2D eigenvalue weighted by atomic mass is 35.5. The first-order valence-corrected chi connectivity index (χ1v) is 9.20. The predicted molar refractivity (Wildman–Crippen MR) is 93.0 cm³/mol. The number of hydrogen-bond donors (Lipinski definition) is 0. The molecule has 25 heavy (non-hydrogen) atoms. The number of amides is 3. The summed E-state index contributed by atoms with van der Waals surface area (Å²) >= 11 is 6.01. The van der Waals surface area contributed by atoms with Gasteiger partial charge in [-0.05, 0) is 25.0 Å². The van der Waals surface area contributed by atoms with Crippen molar-refractivity contribution in [2.24, 2.45) is 11.3 Å². The Hall–Kier alpha value is -1.95. The fourth-order valence-electron chi connectivity index (χ4n) is 4.17. The molecule has 3 amide bonds. The van der Waals surface area contributed by atoms with Crippen LogP contribution in [0.3, 0.4) is 0 Å². The van der Waals surface area contributed by atoms with Gasteiger partial charge < -0.3 is 14.5 Å². The molecule has 132 valence electrons. The monoisotopic (exact) mass is 361 g/mol. The molecule has 3 fully saturated rings. The van der Waals surface area contributed by atoms with E-state index in [-0.39, 0.29) is 17.4 Å². The maximum Gasteiger partial charge on any atom is 0.324 e. The number of benzene rings is 1. The van der Waals surface area contributed by atoms with Gasteiger partial charge in [0, 0.05) is 48.6 Å². The minimum atomic E-state index is 0.0180. The number of rotatable bonds is 1. The van der Waals surface area contributed by atoms with Gasteiger partial charge in [-0.25, -0.2) is 4.79 Å². The van der Waals surface area contributed by atoms with Crippen LogP contribution in [0, 0.1) is 11.3 Å². The number of hydrogen-bond acceptors (Lipinski definition) is 3. The van der Waals surface area contributed by atoms with Gasteiger partial charge in [-0.15, -0.1) is 0 Å². The molecule has 0 radical (unpaired) electrons. The quantitative estimate of drug-likeness (QED) is 0.770. The average Bonchev–Trinajstić information content (AvgIpc) is 3.35. The van der Waals surface area contributed by atoms with E-state index in [0.29, 0.717) is 29.8 Å². The largest absolute Gasteiger partial charge is 0.489 e. The Morgan fingerprint density at radius 1 is 1.12 bits per heavy atom. The minimum Gasteiger partial charge on any atom is -0.489 e. The van der Waals surface area contributed by atoms with Crippen LogP contribution in [0.4, 0.5) is 10.5 Å². The summed E-state index contributed by atoms with van der Waals surface area (Å²) in [6.45, 7) is 4.11. The van der Waals surface area contributed by atoms with Crippen molar-refractivity contribution >= 4 is 29.2 Å². The molecule has 0 bridgehead atoms. The predicted octanol–water partition coefficient (Wildman–Crippen LogP) is 2.21. The third-order valence-electron chi connectivity index (χ3n) is 5.63. The van der Waals surface area contributed by atoms with Crippen molar-refractivity contribution in [3.63, 3.8) is 0 Å². The first-order valence-electron chi connectivity index (χ1n) is 8.82. The molecule has 0 aromatic heterocycles. The van der Waals surface area contributed by atoms with Gasteiger partial charge in [0.2, 0.25) is 5.91 Å². The van der Waals surface area contributed by atoms with Crippen LogP contribution in [-0.4, -0.2) is 61.1 Å². The van der Waals surface area contributed by atoms with E-state index in [4.69, 9.17) is 16.3 Å². The Balaban J connectivity index is 1.22. The van der Waals surface area contributed by atoms with Crippen LogP contribution in [0.2, 0.25) is 5.02 Å². The van der Waals surface area contributed by atoms with E-state index in [9.17, 15) is 9.59 Å². The third-order valence-corrected chi connectivity index (χ3v) is 5.86. The second-order valence-electron chi connectivity index (χ2n) is 7.72. The van der Waals surface area contributed by atoms with E-state index >= 15 is 0 Å². The molecule has 3 aliphatic heterocycles. The van der Waals surface area contributed by atoms with Crippen molar-refractivity contribution in [3.05, 3.63) is 23.2 Å². The lowest BCUT2D eigenvalue weighted by Crippen LogP contribution is -2.74. The molecule has 4 aliphatic rings. The topological polar surface area (TPSA) is 53.1 Å². The van der Waals surface area contributed by atoms with E-state index < -0.39 is 0 Å². The van der Waals surface area contributed by atoms with E-state index in [1.54, 1.807) is 17.0 Å². The molecule has 0 atom stereocenters. The molecule has 3 heterocycles. The van der Waals surface area contributed by atoms with Gasteiger partial charge in [-0.3, -0.25) is 9.69 Å². The van der Waals surface area contributed by atoms with Crippen molar-refractivity contribution < 1.29 is 14.3 Å². The second kappa shape index (κ2) is 5.27. The number of carbonyl (C=O) groups is 2. The summed E-state index contributed by atoms with van der Waals surface area (Å²) in [5.74, 6) is 1.26. The molecule has 5 rings (SSSR count). The van der Waals surface area contributed by atoms with Crippen LogP contribution in [-0.2, 0) is 4.79 Å². The number of carbonyl (C=O) groups excluding carboxylic acids is 2. The van der Waals surface area contributed by atoms with Gasteiger partial charge in [-0.1, -0.05) is 11.6 Å². The van der Waals surface area contributed by atoms with Gasteiger partial charge >= 0.3 is 6.03 Å². The molecule has 1 aromatic rings. The molecule has 2 saturated heterocycles. The zero-order valence-electron chi connectivity index (χ0n) is 13.9. The van der Waals surface area contributed by atoms with E-state index in [0.717, 1.165) is 44.7 Å². The molecule has 7 heteroatoms. The minimum absolute atomic E-state index is 0.0180. The first-order chi connectivity index (χ1) is 12.0. The van der Waals surface area contributed by atoms with Gasteiger partial charge in [0.05, 0.1) is 12.2 Å². The zero-order valence-corrected chi connectivity index (χ0v) is 14.7. The number of halogens is 1. The van der Waals surface area contributed by atoms with Crippen LogP contribution in [0.1, 0.15) is 12.8 Å². The summed E-state index contributed by atoms with van der Waals surface area (Å²) in [6.07, 6.45) is 2.10. The Labute approximate surface area is 151 Å². The number of nitrogens with zero attached hydrogens (tertiary/aromatic N) is 3. The molecule has 1 aliphatic carbocycles. The highest BCUT2D eigenvalue weighted by Gasteiger charge is 2.56. The average molecular weight is 362 g/mol. The van der Waals surface area contributed by atoms with Crippen LogP contribution in [0.15, 0.2) is 18.2 Å². The van der Waals surface area contributed by atoms with Crippen LogP contribution < -0.4 is 9.64 Å². The summed E-state index contributed by atoms with van der Waals surface area (Å²) in [5, 5.41) is 0.603. The van der Waals surface area contributed by atoms with Crippen molar-refractivity contribution in [1.82, 2.24) is 9.80 Å². The van der Waals surface area contributed by atoms with Crippen LogP contribution in [0.25, 0.3) is 0 Å². The number of fused-ring (bicyclic) bond motifs is 1. The van der Waals surface area contributed by atoms with E-state index in [1.165, 1.54) is 0 Å². The summed E-state index contributed by atoms with van der Waals surface area (Å²) < 4.78 is 5.62. The van der Waals surface area contributed by atoms with Gasteiger partial charge in [0.15, 0.2) is 0 Å². The molecule has 0 unspecified atom stereocenters. The molecule has 6 nitrogen and oxygen atoms in total. The highest BCUT2D eigenvalue weighted by Crippen LogP contribution is 2.44. The van der Waals surface area contributed by atoms with Crippen LogP contribution >= 0.6 is 11.6 Å². The number of likely N-dealkylation sites (tertiary alicyclic amines) is 2. The Bertz CT molecular complexity index is 750. The fourth-order valence-corrected chi connectivity index (χ4v) is 4.33. The SMILES string of the molecule is O=C(C1CC1)N1CC2(C1)CN(C(=O)N1CCOc3cc(Cl)ccc31)C2. The maximum atomic E-state index is 12.9. The summed E-state index contributed by atoms with van der Waals surface area (Å²) in [6, 6.07) is 5.38. The number of anilines is 1. The van der Waals surface area contributed by atoms with Crippen molar-refractivity contribution in [3.8, 4) is 5.75 Å². The van der Waals surface area contributed by atoms with Crippen molar-refractivity contribution in [2.45, 2.75) is 12.8 Å². The lowest BCUT2D eigenvalue weighted by atomic mass is 9.72. The summed E-state index contributed by atoms with van der Waals surface area (Å²) in [4.78, 5) is 30.5. The smallest absolute Gasteiger partial charge is 0.324 e. The fraction of sp³-hybridized carbons (Fsp3) is 0.556. The maximum absolute atomic E-state index is 12.9. The van der Waals surface area contributed by atoms with Gasteiger partial charge in [0.25, 0.3) is 0 Å². The van der Waals surface area contributed by atoms with Crippen molar-refractivity contribution in [2.75, 3.05) is 44.2 Å². The zero-order chi connectivity index (χ0) is 17.2. The molecule has 1 saturated carbocycles. The molecule has 0 N–H and O–H groups in total. The second-order valence-corrected chi connectivity index (χ2v) is 8.16. The molecule has 1 aromatic carbocycles. The highest BCUT2D eigenvalue weighted by molar-refractivity contribution is 6.30. The summed E-state index contributed by atoms with van der Waals surface area (Å²) in [5.41, 5.74) is 0.913. The Morgan fingerprint density at radius 3 is 2.56 bits per heavy atom. The van der Waals surface area contributed by atoms with Gasteiger partial charge in [-0.2, -0.15) is 0 Å².